The van der Waals surface area contributed by atoms with Crippen molar-refractivity contribution in [3.8, 4) is 11.6 Å². The van der Waals surface area contributed by atoms with Crippen LogP contribution in [-0.4, -0.2) is 9.55 Å². The van der Waals surface area contributed by atoms with E-state index < -0.39 is 0 Å². The Morgan fingerprint density at radius 2 is 1.47 bits per heavy atom. The van der Waals surface area contributed by atoms with Gasteiger partial charge in [0.2, 0.25) is 0 Å². The molecule has 0 bridgehead atoms. The zero-order valence-electron chi connectivity index (χ0n) is 26.4. The molecule has 0 radical (unpaired) electrons. The molecule has 47 heavy (non-hydrogen) atoms. The fourth-order valence-corrected chi connectivity index (χ4v) is 6.18. The molecule has 6 heteroatoms. The molecule has 0 amide bonds. The second kappa shape index (κ2) is 12.4. The molecule has 236 valence electrons. The summed E-state index contributed by atoms with van der Waals surface area (Å²) in [5, 5.41) is 2.28. The van der Waals surface area contributed by atoms with Gasteiger partial charge in [0.1, 0.15) is 5.82 Å². The summed E-state index contributed by atoms with van der Waals surface area (Å²) in [4.78, 5) is 9.18. The number of pyridine rings is 1. The number of ether oxygens (including phenoxy) is 1. The molecule has 0 N–H and O–H groups in total. The van der Waals surface area contributed by atoms with E-state index in [4.69, 9.17) is 9.72 Å². The van der Waals surface area contributed by atoms with Crippen LogP contribution in [-0.2, 0) is 33.1 Å². The summed E-state index contributed by atoms with van der Waals surface area (Å²) in [5.74, 6) is 1.55. The van der Waals surface area contributed by atoms with Gasteiger partial charge in [-0.25, -0.2) is 4.98 Å². The predicted molar refractivity (Wildman–Crippen MR) is 187 cm³/mol. The minimum atomic E-state index is 0. The maximum Gasteiger partial charge on any atom is 0.135 e. The topological polar surface area (TPSA) is 33.5 Å². The Bertz CT molecular complexity index is 2200. The zero-order valence-corrected chi connectivity index (χ0v) is 28.7. The van der Waals surface area contributed by atoms with Gasteiger partial charge in [-0.3, -0.25) is 0 Å². The van der Waals surface area contributed by atoms with Gasteiger partial charge < -0.3 is 19.1 Å². The van der Waals surface area contributed by atoms with Crippen LogP contribution in [0.1, 0.15) is 31.9 Å². The molecule has 2 aromatic heterocycles. The number of para-hydroxylation sites is 4. The van der Waals surface area contributed by atoms with Gasteiger partial charge in [0.25, 0.3) is 0 Å². The smallest absolute Gasteiger partial charge is 0.135 e. The van der Waals surface area contributed by atoms with Gasteiger partial charge in [0.05, 0.1) is 6.61 Å². The molecule has 0 saturated carbocycles. The molecule has 0 fully saturated rings. The summed E-state index contributed by atoms with van der Waals surface area (Å²) < 4.78 is 8.58. The van der Waals surface area contributed by atoms with E-state index in [0.717, 1.165) is 55.9 Å². The molecular formula is C41H33N4OPt-3. The second-order valence-electron chi connectivity index (χ2n) is 12.6. The van der Waals surface area contributed by atoms with E-state index in [1.807, 2.05) is 18.3 Å². The number of rotatable bonds is 6. The van der Waals surface area contributed by atoms with Gasteiger partial charge in [-0.2, -0.15) is 30.3 Å². The average molecular weight is 793 g/mol. The summed E-state index contributed by atoms with van der Waals surface area (Å²) in [6, 6.07) is 49.1. The number of hydrogen-bond acceptors (Lipinski definition) is 4. The van der Waals surface area contributed by atoms with Crippen LogP contribution in [0.2, 0.25) is 0 Å². The molecular weight excluding hydrogens is 760 g/mol. The van der Waals surface area contributed by atoms with E-state index in [0.29, 0.717) is 12.4 Å². The van der Waals surface area contributed by atoms with Gasteiger partial charge in [-0.15, -0.1) is 35.4 Å². The fourth-order valence-electron chi connectivity index (χ4n) is 6.18. The molecule has 5 aromatic carbocycles. The number of benzene rings is 5. The second-order valence-corrected chi connectivity index (χ2v) is 12.6. The third kappa shape index (κ3) is 5.70. The molecule has 5 nitrogen and oxygen atoms in total. The van der Waals surface area contributed by atoms with Crippen LogP contribution in [0.5, 0.6) is 5.75 Å². The van der Waals surface area contributed by atoms with Gasteiger partial charge in [-0.1, -0.05) is 74.8 Å². The van der Waals surface area contributed by atoms with Crippen LogP contribution in [0.3, 0.4) is 0 Å². The third-order valence-corrected chi connectivity index (χ3v) is 8.55. The van der Waals surface area contributed by atoms with E-state index in [9.17, 15) is 0 Å². The van der Waals surface area contributed by atoms with Crippen molar-refractivity contribution in [2.75, 3.05) is 9.80 Å². The van der Waals surface area contributed by atoms with E-state index >= 15 is 0 Å². The quantitative estimate of drug-likeness (QED) is 0.157. The number of hydrogen-bond donors (Lipinski definition) is 0. The Balaban J connectivity index is 0.00000351. The van der Waals surface area contributed by atoms with Crippen LogP contribution >= 0.6 is 0 Å². The SMILES string of the molecule is CC(C)(C)c1ccnc(-n2c3[c-]c(OCc4[c-]c(N5[CH-]N(c6ccccc6)c6ccccc65)ccc4)ccc3c3ccccc32)c1.[Pt]. The summed E-state index contributed by atoms with van der Waals surface area (Å²) in [7, 11) is 0. The van der Waals surface area contributed by atoms with E-state index in [1.54, 1.807) is 0 Å². The minimum Gasteiger partial charge on any atom is -0.517 e. The molecule has 1 aliphatic heterocycles. The molecule has 7 aromatic rings. The number of nitrogens with zero attached hydrogens (tertiary/aromatic N) is 4. The number of aromatic nitrogens is 2. The molecule has 8 rings (SSSR count). The van der Waals surface area contributed by atoms with E-state index in [2.05, 4.69) is 163 Å². The number of fused-ring (bicyclic) bond motifs is 4. The number of anilines is 4. The molecule has 0 spiro atoms. The standard InChI is InChI=1S/C41H33N4O.Pt/c1-41(2,3)30-22-23-42-40(25-30)45-36-17-8-7-16-34(36)35-21-20-33(26-39(35)45)46-27-29-12-11-15-32(24-29)44-28-43(31-13-5-4-6-14-31)37-18-9-10-19-38(37)44;/h4-23,25,28H,27H2,1-3H3;/q-3;. The van der Waals surface area contributed by atoms with Crippen LogP contribution in [0.4, 0.5) is 22.7 Å². The van der Waals surface area contributed by atoms with Crippen LogP contribution < -0.4 is 14.5 Å². The Kier molecular flexibility index (Phi) is 8.11. The summed E-state index contributed by atoms with van der Waals surface area (Å²) >= 11 is 0. The summed E-state index contributed by atoms with van der Waals surface area (Å²) in [6.07, 6.45) is 1.90. The van der Waals surface area contributed by atoms with Crippen LogP contribution in [0, 0.1) is 18.8 Å². The summed E-state index contributed by atoms with van der Waals surface area (Å²) in [6.45, 7) is 9.16. The van der Waals surface area contributed by atoms with Crippen molar-refractivity contribution in [1.82, 2.24) is 9.55 Å². The largest absolute Gasteiger partial charge is 0.517 e. The molecule has 1 aliphatic rings. The molecule has 0 aliphatic carbocycles. The first-order chi connectivity index (χ1) is 22.4. The molecule has 0 saturated heterocycles. The minimum absolute atomic E-state index is 0. The first-order valence-corrected chi connectivity index (χ1v) is 15.6. The van der Waals surface area contributed by atoms with Gasteiger partial charge in [-0.05, 0) is 58.8 Å². The molecule has 0 unspecified atom stereocenters. The first-order valence-electron chi connectivity index (χ1n) is 15.6. The third-order valence-electron chi connectivity index (χ3n) is 8.55. The van der Waals surface area contributed by atoms with Crippen molar-refractivity contribution in [3.63, 3.8) is 0 Å². The Labute approximate surface area is 290 Å². The Morgan fingerprint density at radius 1 is 0.723 bits per heavy atom. The van der Waals surface area contributed by atoms with Gasteiger partial charge in [0.15, 0.2) is 0 Å². The molecule has 0 atom stereocenters. The maximum atomic E-state index is 6.38. The van der Waals surface area contributed by atoms with Crippen LogP contribution in [0.15, 0.2) is 128 Å². The van der Waals surface area contributed by atoms with Crippen molar-refractivity contribution in [2.45, 2.75) is 32.8 Å². The maximum absolute atomic E-state index is 6.38. The van der Waals surface area contributed by atoms with E-state index in [1.165, 1.54) is 5.56 Å². The Morgan fingerprint density at radius 3 is 2.28 bits per heavy atom. The predicted octanol–water partition coefficient (Wildman–Crippen LogP) is 10.1. The van der Waals surface area contributed by atoms with Crippen molar-refractivity contribution < 1.29 is 25.8 Å². The molecule has 3 heterocycles. The normalized spacial score (nSPS) is 12.7. The van der Waals surface area contributed by atoms with Crippen molar-refractivity contribution in [1.29, 1.82) is 0 Å². The van der Waals surface area contributed by atoms with Crippen molar-refractivity contribution in [3.05, 3.63) is 157 Å². The zero-order chi connectivity index (χ0) is 31.3. The fraction of sp³-hybridized carbons (Fsp3) is 0.122. The Hall–Kier alpha value is -4.86. The van der Waals surface area contributed by atoms with Gasteiger partial charge >= 0.3 is 0 Å². The monoisotopic (exact) mass is 792 g/mol. The first kappa shape index (κ1) is 30.8. The van der Waals surface area contributed by atoms with Crippen LogP contribution in [0.25, 0.3) is 27.6 Å². The van der Waals surface area contributed by atoms with Crippen molar-refractivity contribution >= 4 is 44.6 Å². The van der Waals surface area contributed by atoms with Gasteiger partial charge in [0, 0.05) is 55.6 Å². The summed E-state index contributed by atoms with van der Waals surface area (Å²) in [5.41, 5.74) is 8.54. The van der Waals surface area contributed by atoms with Crippen molar-refractivity contribution in [2.24, 2.45) is 0 Å². The average Bonchev–Trinajstić information content (AvgIpc) is 3.64. The van der Waals surface area contributed by atoms with E-state index in [-0.39, 0.29) is 26.5 Å².